The largest absolute Gasteiger partial charge is 0.294 e. The summed E-state index contributed by atoms with van der Waals surface area (Å²) in [6.45, 7) is 3.95. The van der Waals surface area contributed by atoms with Crippen LogP contribution in [0.1, 0.15) is 41.6 Å². The van der Waals surface area contributed by atoms with E-state index in [1.165, 1.54) is 38.3 Å². The number of fused-ring (bicyclic) bond motifs is 7. The number of thiophene rings is 4. The normalized spacial score (nSPS) is 18.4. The molecular weight excluding hydrogens is 633 g/mol. The van der Waals surface area contributed by atoms with E-state index < -0.39 is 26.0 Å². The molecule has 0 radical (unpaired) electrons. The minimum Gasteiger partial charge on any atom is -0.294 e. The van der Waals surface area contributed by atoms with Crippen molar-refractivity contribution in [1.29, 1.82) is 0 Å². The van der Waals surface area contributed by atoms with Crippen LogP contribution in [-0.2, 0) is 37.8 Å². The van der Waals surface area contributed by atoms with Crippen molar-refractivity contribution in [1.82, 2.24) is 4.31 Å². The molecule has 2 aliphatic heterocycles. The molecule has 0 unspecified atom stereocenters. The van der Waals surface area contributed by atoms with Crippen molar-refractivity contribution in [2.45, 2.75) is 35.2 Å². The molecule has 1 aliphatic carbocycles. The first-order valence-corrected chi connectivity index (χ1v) is 17.9. The van der Waals surface area contributed by atoms with Crippen LogP contribution in [0.25, 0.3) is 29.9 Å². The molecule has 2 amide bonds. The number of hydrogen-bond acceptors (Lipinski definition) is 11. The van der Waals surface area contributed by atoms with E-state index in [1.54, 1.807) is 18.2 Å². The Kier molecular flexibility index (Phi) is 4.75. The predicted molar refractivity (Wildman–Crippen MR) is 155 cm³/mol. The van der Waals surface area contributed by atoms with Gasteiger partial charge in [-0.1, -0.05) is 0 Å². The molecule has 40 heavy (non-hydrogen) atoms. The Bertz CT molecular complexity index is 2300. The summed E-state index contributed by atoms with van der Waals surface area (Å²) >= 11 is 5.07. The Morgan fingerprint density at radius 2 is 1.57 bits per heavy atom. The number of hydrogen-bond donors (Lipinski definition) is 0. The predicted octanol–water partition coefficient (Wildman–Crippen LogP) is 5.27. The molecule has 8 rings (SSSR count). The van der Waals surface area contributed by atoms with E-state index in [0.717, 1.165) is 41.6 Å². The number of Topliss-reactive ketones (excluding diaryl/α,β-unsaturated/α-hetero) is 1. The van der Waals surface area contributed by atoms with Gasteiger partial charge in [-0.25, -0.2) is 8.42 Å². The first kappa shape index (κ1) is 24.8. The van der Waals surface area contributed by atoms with Gasteiger partial charge >= 0.3 is 0 Å². The van der Waals surface area contributed by atoms with Crippen LogP contribution in [0.4, 0.5) is 5.69 Å². The standard InChI is InChI=1S/C25H14N2O7S6/c1-9-16-14-7-26(12-3-4-13-11(5-12)6-15(13)29)39(31,32)24(14)38-20(16)22(35-9)21-17-18-23(30)27(8-28)40(33,34)25(18)37-19(17)10(2)36-21/h3-5,8H,6-7H2,1-2H3. The average Bonchev–Trinajstić information content (AvgIpc) is 3.67. The number of anilines is 1. The van der Waals surface area contributed by atoms with E-state index in [2.05, 4.69) is 0 Å². The van der Waals surface area contributed by atoms with Gasteiger partial charge in [0.1, 0.15) is 4.21 Å². The van der Waals surface area contributed by atoms with Crippen LogP contribution in [0.3, 0.4) is 0 Å². The maximum absolute atomic E-state index is 13.7. The zero-order chi connectivity index (χ0) is 28.0. The van der Waals surface area contributed by atoms with Crippen LogP contribution in [0, 0.1) is 13.8 Å². The monoisotopic (exact) mass is 646 g/mol. The zero-order valence-corrected chi connectivity index (χ0v) is 25.3. The van der Waals surface area contributed by atoms with Crippen LogP contribution < -0.4 is 4.31 Å². The summed E-state index contributed by atoms with van der Waals surface area (Å²) in [5.74, 6) is -0.813. The Morgan fingerprint density at radius 3 is 2.27 bits per heavy atom. The molecule has 0 bridgehead atoms. The molecule has 3 aliphatic rings. The van der Waals surface area contributed by atoms with Crippen molar-refractivity contribution in [3.05, 3.63) is 50.2 Å². The summed E-state index contributed by atoms with van der Waals surface area (Å²) in [4.78, 5) is 39.5. The van der Waals surface area contributed by atoms with Gasteiger partial charge in [-0.15, -0.1) is 45.3 Å². The molecule has 0 atom stereocenters. The van der Waals surface area contributed by atoms with Crippen molar-refractivity contribution in [2.24, 2.45) is 0 Å². The second-order valence-electron chi connectivity index (χ2n) is 9.68. The third-order valence-electron chi connectivity index (χ3n) is 7.52. The number of imide groups is 1. The van der Waals surface area contributed by atoms with E-state index >= 15 is 0 Å². The lowest BCUT2D eigenvalue weighted by Gasteiger charge is -2.22. The molecule has 0 saturated carbocycles. The summed E-state index contributed by atoms with van der Waals surface area (Å²) in [6.07, 6.45) is 0.339. The zero-order valence-electron chi connectivity index (χ0n) is 20.4. The summed E-state index contributed by atoms with van der Waals surface area (Å²) < 4.78 is 56.4. The van der Waals surface area contributed by atoms with Crippen LogP contribution in [0.15, 0.2) is 26.6 Å². The Hall–Kier alpha value is -2.95. The highest BCUT2D eigenvalue weighted by atomic mass is 32.3. The number of sulfonamides is 2. The van der Waals surface area contributed by atoms with Gasteiger partial charge < -0.3 is 0 Å². The minimum atomic E-state index is -4.24. The van der Waals surface area contributed by atoms with E-state index in [4.69, 9.17) is 0 Å². The van der Waals surface area contributed by atoms with Crippen molar-refractivity contribution in [3.8, 4) is 9.75 Å². The fourth-order valence-corrected chi connectivity index (χ4v) is 14.9. The lowest BCUT2D eigenvalue weighted by atomic mass is 9.87. The van der Waals surface area contributed by atoms with E-state index in [-0.39, 0.29) is 37.0 Å². The highest BCUT2D eigenvalue weighted by Crippen LogP contribution is 2.56. The molecule has 0 fully saturated rings. The molecular formula is C25H14N2O7S6. The number of amides is 2. The lowest BCUT2D eigenvalue weighted by Crippen LogP contribution is -2.28. The summed E-state index contributed by atoms with van der Waals surface area (Å²) in [6, 6.07) is 5.12. The number of nitrogens with zero attached hydrogens (tertiary/aromatic N) is 2. The molecule has 6 heterocycles. The van der Waals surface area contributed by atoms with Gasteiger partial charge in [0.05, 0.1) is 36.9 Å². The molecule has 5 aromatic rings. The van der Waals surface area contributed by atoms with Crippen molar-refractivity contribution >= 4 is 109 Å². The topological polar surface area (TPSA) is 126 Å². The summed E-state index contributed by atoms with van der Waals surface area (Å²) in [5.41, 5.74) is 2.73. The van der Waals surface area contributed by atoms with Gasteiger partial charge in [0, 0.05) is 38.1 Å². The van der Waals surface area contributed by atoms with Crippen LogP contribution in [0.5, 0.6) is 0 Å². The molecule has 4 aromatic heterocycles. The van der Waals surface area contributed by atoms with Crippen molar-refractivity contribution < 1.29 is 31.2 Å². The molecule has 1 aromatic carbocycles. The van der Waals surface area contributed by atoms with E-state index in [1.807, 2.05) is 13.8 Å². The fraction of sp³-hybridized carbons (Fsp3) is 0.160. The first-order chi connectivity index (χ1) is 18.9. The SMILES string of the molecule is Cc1sc(-c2sc(C)c3c4c(sc23)S(=O)(=O)N(c2ccc3c(c2)CC3=O)C4)c2c3c(sc12)S(=O)(=O)N(C=O)C3=O. The number of benzene rings is 1. The molecule has 0 saturated heterocycles. The number of aryl methyl sites for hydroxylation is 2. The van der Waals surface area contributed by atoms with E-state index in [0.29, 0.717) is 38.2 Å². The third-order valence-corrected chi connectivity index (χ3v) is 17.1. The van der Waals surface area contributed by atoms with Crippen molar-refractivity contribution in [3.63, 3.8) is 0 Å². The Balaban J connectivity index is 1.31. The highest BCUT2D eigenvalue weighted by Gasteiger charge is 2.47. The first-order valence-electron chi connectivity index (χ1n) is 11.8. The summed E-state index contributed by atoms with van der Waals surface area (Å²) in [5, 5.41) is 1.35. The second-order valence-corrected chi connectivity index (χ2v) is 18.2. The number of ketones is 1. The third kappa shape index (κ3) is 2.82. The van der Waals surface area contributed by atoms with Crippen LogP contribution in [-0.4, -0.2) is 39.2 Å². The fourth-order valence-electron chi connectivity index (χ4n) is 5.68. The average molecular weight is 647 g/mol. The van der Waals surface area contributed by atoms with Crippen LogP contribution >= 0.6 is 45.3 Å². The number of carbonyl (C=O) groups excluding carboxylic acids is 3. The van der Waals surface area contributed by atoms with Gasteiger partial charge in [-0.05, 0) is 37.6 Å². The van der Waals surface area contributed by atoms with Gasteiger partial charge in [0.2, 0.25) is 6.41 Å². The number of carbonyl (C=O) groups is 3. The highest BCUT2D eigenvalue weighted by molar-refractivity contribution is 7.95. The van der Waals surface area contributed by atoms with Crippen LogP contribution in [0.2, 0.25) is 0 Å². The smallest absolute Gasteiger partial charge is 0.283 e. The van der Waals surface area contributed by atoms with Gasteiger partial charge in [0.25, 0.3) is 26.0 Å². The van der Waals surface area contributed by atoms with Gasteiger partial charge in [-0.3, -0.25) is 18.7 Å². The number of rotatable bonds is 3. The maximum Gasteiger partial charge on any atom is 0.283 e. The Morgan fingerprint density at radius 1 is 0.850 bits per heavy atom. The van der Waals surface area contributed by atoms with Gasteiger partial charge in [-0.2, -0.15) is 12.7 Å². The second kappa shape index (κ2) is 7.66. The Labute approximate surface area is 243 Å². The lowest BCUT2D eigenvalue weighted by molar-refractivity contribution is -0.112. The quantitative estimate of drug-likeness (QED) is 0.245. The van der Waals surface area contributed by atoms with Crippen molar-refractivity contribution in [2.75, 3.05) is 4.31 Å². The molecule has 0 spiro atoms. The molecule has 15 heteroatoms. The molecule has 202 valence electrons. The molecule has 9 nitrogen and oxygen atoms in total. The molecule has 0 N–H and O–H groups in total. The summed E-state index contributed by atoms with van der Waals surface area (Å²) in [7, 11) is -8.08. The van der Waals surface area contributed by atoms with Gasteiger partial charge in [0.15, 0.2) is 9.99 Å². The maximum atomic E-state index is 13.7. The van der Waals surface area contributed by atoms with E-state index in [9.17, 15) is 31.2 Å². The minimum absolute atomic E-state index is 0.00715.